The molecule has 14 heavy (non-hydrogen) atoms. The zero-order valence-electron chi connectivity index (χ0n) is 8.04. The van der Waals surface area contributed by atoms with E-state index >= 15 is 0 Å². The number of hydrogen-bond acceptors (Lipinski definition) is 1. The lowest BCUT2D eigenvalue weighted by Gasteiger charge is -2.12. The summed E-state index contributed by atoms with van der Waals surface area (Å²) < 4.78 is 12.7. The van der Waals surface area contributed by atoms with Gasteiger partial charge in [0, 0.05) is 6.04 Å². The van der Waals surface area contributed by atoms with Crippen LogP contribution in [0, 0.1) is 17.7 Å². The van der Waals surface area contributed by atoms with Gasteiger partial charge in [-0.15, -0.1) is 0 Å². The molecule has 74 valence electrons. The van der Waals surface area contributed by atoms with Gasteiger partial charge >= 0.3 is 0 Å². The fraction of sp³-hybridized carbons (Fsp3) is 0.500. The molecule has 1 aromatic rings. The van der Waals surface area contributed by atoms with Crippen molar-refractivity contribution in [2.45, 2.75) is 18.9 Å². The quantitative estimate of drug-likeness (QED) is 0.753. The summed E-state index contributed by atoms with van der Waals surface area (Å²) in [6, 6.07) is 7.54. The van der Waals surface area contributed by atoms with Crippen molar-refractivity contribution in [1.29, 1.82) is 0 Å². The number of hydrogen-bond donors (Lipinski definition) is 1. The van der Waals surface area contributed by atoms with Gasteiger partial charge in [-0.25, -0.2) is 4.39 Å². The Morgan fingerprint density at radius 2 is 2.07 bits per heavy atom. The zero-order chi connectivity index (χ0) is 9.54. The van der Waals surface area contributed by atoms with Crippen LogP contribution in [0.3, 0.4) is 0 Å². The molecule has 1 heterocycles. The van der Waals surface area contributed by atoms with Gasteiger partial charge in [0.25, 0.3) is 0 Å². The average molecular weight is 191 g/mol. The first-order valence-electron chi connectivity index (χ1n) is 5.31. The third-order valence-corrected chi connectivity index (χ3v) is 3.51. The maximum atomic E-state index is 12.7. The van der Waals surface area contributed by atoms with Gasteiger partial charge in [-0.3, -0.25) is 0 Å². The molecule has 1 aliphatic heterocycles. The van der Waals surface area contributed by atoms with Crippen molar-refractivity contribution in [1.82, 2.24) is 5.32 Å². The van der Waals surface area contributed by atoms with E-state index in [-0.39, 0.29) is 5.82 Å². The Morgan fingerprint density at radius 1 is 1.29 bits per heavy atom. The van der Waals surface area contributed by atoms with Gasteiger partial charge in [-0.05, 0) is 48.9 Å². The molecule has 3 atom stereocenters. The summed E-state index contributed by atoms with van der Waals surface area (Å²) in [4.78, 5) is 0. The van der Waals surface area contributed by atoms with E-state index in [1.54, 1.807) is 12.1 Å². The van der Waals surface area contributed by atoms with E-state index in [0.29, 0.717) is 6.04 Å². The molecule has 1 aliphatic carbocycles. The summed E-state index contributed by atoms with van der Waals surface area (Å²) in [5, 5.41) is 3.53. The van der Waals surface area contributed by atoms with Crippen LogP contribution in [0.25, 0.3) is 0 Å². The minimum atomic E-state index is -0.141. The largest absolute Gasteiger partial charge is 0.313 e. The molecule has 1 N–H and O–H groups in total. The van der Waals surface area contributed by atoms with Crippen LogP contribution in [0.5, 0.6) is 0 Å². The van der Waals surface area contributed by atoms with Gasteiger partial charge in [0.15, 0.2) is 0 Å². The van der Waals surface area contributed by atoms with Crippen LogP contribution in [-0.2, 0) is 6.42 Å². The van der Waals surface area contributed by atoms with Crippen molar-refractivity contribution in [3.8, 4) is 0 Å². The second-order valence-electron chi connectivity index (χ2n) is 4.50. The normalized spacial score (nSPS) is 34.2. The first kappa shape index (κ1) is 8.42. The molecule has 2 heteroatoms. The van der Waals surface area contributed by atoms with Gasteiger partial charge in [0.05, 0.1) is 0 Å². The summed E-state index contributed by atoms with van der Waals surface area (Å²) in [7, 11) is 0. The highest BCUT2D eigenvalue weighted by atomic mass is 19.1. The SMILES string of the molecule is Fc1ccc(CC2NCC3CC32)cc1. The first-order chi connectivity index (χ1) is 6.83. The molecule has 0 radical (unpaired) electrons. The maximum Gasteiger partial charge on any atom is 0.123 e. The number of benzene rings is 1. The van der Waals surface area contributed by atoms with E-state index in [0.717, 1.165) is 18.3 Å². The number of piperidine rings is 1. The topological polar surface area (TPSA) is 12.0 Å². The van der Waals surface area contributed by atoms with Crippen LogP contribution < -0.4 is 5.32 Å². The van der Waals surface area contributed by atoms with Crippen molar-refractivity contribution >= 4 is 0 Å². The molecular formula is C12H14FN. The van der Waals surface area contributed by atoms with E-state index in [2.05, 4.69) is 5.32 Å². The Morgan fingerprint density at radius 3 is 2.64 bits per heavy atom. The molecular weight excluding hydrogens is 177 g/mol. The fourth-order valence-electron chi connectivity index (χ4n) is 2.55. The zero-order valence-corrected chi connectivity index (χ0v) is 8.04. The first-order valence-corrected chi connectivity index (χ1v) is 5.31. The number of rotatable bonds is 2. The molecule has 1 nitrogen and oxygen atoms in total. The van der Waals surface area contributed by atoms with E-state index < -0.39 is 0 Å². The van der Waals surface area contributed by atoms with Gasteiger partial charge in [0.2, 0.25) is 0 Å². The molecule has 3 unspecified atom stereocenters. The van der Waals surface area contributed by atoms with Crippen molar-refractivity contribution in [3.63, 3.8) is 0 Å². The van der Waals surface area contributed by atoms with Crippen LogP contribution in [0.15, 0.2) is 24.3 Å². The van der Waals surface area contributed by atoms with Crippen LogP contribution in [-0.4, -0.2) is 12.6 Å². The number of nitrogens with one attached hydrogen (secondary N) is 1. The lowest BCUT2D eigenvalue weighted by Crippen LogP contribution is -2.28. The molecule has 0 bridgehead atoms. The molecule has 0 spiro atoms. The Bertz CT molecular complexity index is 333. The minimum Gasteiger partial charge on any atom is -0.313 e. The van der Waals surface area contributed by atoms with Crippen molar-refractivity contribution in [3.05, 3.63) is 35.6 Å². The van der Waals surface area contributed by atoms with E-state index in [9.17, 15) is 4.39 Å². The highest BCUT2D eigenvalue weighted by Gasteiger charge is 2.47. The average Bonchev–Trinajstić information content (AvgIpc) is 2.88. The van der Waals surface area contributed by atoms with Gasteiger partial charge in [0.1, 0.15) is 5.82 Å². The smallest absolute Gasteiger partial charge is 0.123 e. The second-order valence-corrected chi connectivity index (χ2v) is 4.50. The molecule has 1 aromatic carbocycles. The summed E-state index contributed by atoms with van der Waals surface area (Å²) >= 11 is 0. The van der Waals surface area contributed by atoms with Crippen LogP contribution >= 0.6 is 0 Å². The van der Waals surface area contributed by atoms with Gasteiger partial charge in [-0.2, -0.15) is 0 Å². The van der Waals surface area contributed by atoms with Crippen molar-refractivity contribution in [2.24, 2.45) is 11.8 Å². The Labute approximate surface area is 83.3 Å². The van der Waals surface area contributed by atoms with Crippen molar-refractivity contribution in [2.75, 3.05) is 6.54 Å². The standard InChI is InChI=1S/C12H14FN/c13-10-3-1-8(2-4-10)5-12-11-6-9(11)7-14-12/h1-4,9,11-12,14H,5-7H2. The number of halogens is 1. The third-order valence-electron chi connectivity index (χ3n) is 3.51. The monoisotopic (exact) mass is 191 g/mol. The maximum absolute atomic E-state index is 12.7. The fourth-order valence-corrected chi connectivity index (χ4v) is 2.55. The molecule has 1 saturated carbocycles. The van der Waals surface area contributed by atoms with Crippen LogP contribution in [0.2, 0.25) is 0 Å². The lowest BCUT2D eigenvalue weighted by molar-refractivity contribution is 0.530. The number of fused-ring (bicyclic) bond motifs is 1. The second kappa shape index (κ2) is 3.06. The Balaban J connectivity index is 1.69. The van der Waals surface area contributed by atoms with Gasteiger partial charge in [-0.1, -0.05) is 12.1 Å². The summed E-state index contributed by atoms with van der Waals surface area (Å²) in [6.07, 6.45) is 2.46. The van der Waals surface area contributed by atoms with Crippen molar-refractivity contribution < 1.29 is 4.39 Å². The lowest BCUT2D eigenvalue weighted by atomic mass is 10.0. The summed E-state index contributed by atoms with van der Waals surface area (Å²) in [5.41, 5.74) is 1.25. The van der Waals surface area contributed by atoms with Gasteiger partial charge < -0.3 is 5.32 Å². The Hall–Kier alpha value is -0.890. The summed E-state index contributed by atoms with van der Waals surface area (Å²) in [5.74, 6) is 1.71. The van der Waals surface area contributed by atoms with Crippen LogP contribution in [0.1, 0.15) is 12.0 Å². The molecule has 0 amide bonds. The highest BCUT2D eigenvalue weighted by Crippen LogP contribution is 2.45. The molecule has 1 saturated heterocycles. The third kappa shape index (κ3) is 1.44. The van der Waals surface area contributed by atoms with E-state index in [1.807, 2.05) is 12.1 Å². The molecule has 0 aromatic heterocycles. The predicted molar refractivity (Wildman–Crippen MR) is 53.5 cm³/mol. The molecule has 2 aliphatic rings. The van der Waals surface area contributed by atoms with Crippen LogP contribution in [0.4, 0.5) is 4.39 Å². The predicted octanol–water partition coefficient (Wildman–Crippen LogP) is 1.98. The molecule has 3 rings (SSSR count). The Kier molecular flexibility index (Phi) is 1.84. The molecule has 2 fully saturated rings. The highest BCUT2D eigenvalue weighted by molar-refractivity contribution is 5.19. The van der Waals surface area contributed by atoms with E-state index in [4.69, 9.17) is 0 Å². The minimum absolute atomic E-state index is 0.141. The van der Waals surface area contributed by atoms with E-state index in [1.165, 1.54) is 18.5 Å². The summed E-state index contributed by atoms with van der Waals surface area (Å²) in [6.45, 7) is 1.19.